The molecule has 1 fully saturated rings. The van der Waals surface area contributed by atoms with Crippen LogP contribution >= 0.6 is 11.3 Å². The van der Waals surface area contributed by atoms with Crippen molar-refractivity contribution in [1.29, 1.82) is 0 Å². The van der Waals surface area contributed by atoms with Gasteiger partial charge in [0.05, 0.1) is 61.2 Å². The van der Waals surface area contributed by atoms with Gasteiger partial charge >= 0.3 is 12.1 Å². The minimum Gasteiger partial charge on any atom is -0.497 e. The average molecular weight is 1010 g/mol. The van der Waals surface area contributed by atoms with E-state index in [1.165, 1.54) is 53.5 Å². The van der Waals surface area contributed by atoms with Crippen molar-refractivity contribution in [2.24, 2.45) is 0 Å². The number of tetrazole rings is 1. The zero-order valence-corrected chi connectivity index (χ0v) is 41.7. The van der Waals surface area contributed by atoms with Gasteiger partial charge in [-0.3, -0.25) is 0 Å². The molecule has 0 unspecified atom stereocenters. The summed E-state index contributed by atoms with van der Waals surface area (Å²) in [5.41, 5.74) is 7.82. The van der Waals surface area contributed by atoms with E-state index in [-0.39, 0.29) is 71.5 Å². The zero-order valence-electron chi connectivity index (χ0n) is 39.3. The second kappa shape index (κ2) is 19.7. The van der Waals surface area contributed by atoms with Crippen molar-refractivity contribution < 1.29 is 50.1 Å². The molecule has 2 aromatic heterocycles. The number of rotatable bonds is 16. The first kappa shape index (κ1) is 49.3. The molecule has 70 heavy (non-hydrogen) atoms. The monoisotopic (exact) mass is 1010 g/mol. The van der Waals surface area contributed by atoms with Crippen LogP contribution < -0.4 is 19.9 Å². The van der Waals surface area contributed by atoms with Gasteiger partial charge in [-0.25, -0.2) is 31.4 Å². The number of carbonyl (C=O) groups is 2. The summed E-state index contributed by atoms with van der Waals surface area (Å²) in [6, 6.07) is 26.5. The molecule has 1 aliphatic heterocycles. The lowest BCUT2D eigenvalue weighted by atomic mass is 9.97. The predicted octanol–water partition coefficient (Wildman–Crippen LogP) is 6.84. The molecule has 0 atom stereocenters. The molecular weight excluding hydrogens is 961 g/mol. The van der Waals surface area contributed by atoms with E-state index in [0.29, 0.717) is 33.1 Å². The van der Waals surface area contributed by atoms with Gasteiger partial charge in [0.2, 0.25) is 15.8 Å². The first-order valence-electron chi connectivity index (χ1n) is 21.7. The molecule has 2 N–H and O–H groups in total. The summed E-state index contributed by atoms with van der Waals surface area (Å²) in [7, 11) is -3.85. The van der Waals surface area contributed by atoms with Crippen LogP contribution in [0.2, 0.25) is 0 Å². The number of nitrogens with two attached hydrogens (primary N) is 1. The van der Waals surface area contributed by atoms with Crippen molar-refractivity contribution in [3.05, 3.63) is 119 Å². The predicted molar refractivity (Wildman–Crippen MR) is 261 cm³/mol. The van der Waals surface area contributed by atoms with E-state index >= 15 is 16.8 Å². The maximum Gasteiger partial charge on any atom is 0.410 e. The Labute approximate surface area is 408 Å². The Morgan fingerprint density at radius 3 is 1.83 bits per heavy atom. The Hall–Kier alpha value is -7.14. The fraction of sp³-hybridized carbons (Fsp3) is 0.292. The van der Waals surface area contributed by atoms with E-state index in [0.717, 1.165) is 16.9 Å². The number of carbonyl (C=O) groups excluding carboxylic acids is 2. The molecule has 1 aliphatic rings. The van der Waals surface area contributed by atoms with Crippen LogP contribution in [0, 0.1) is 0 Å². The highest BCUT2D eigenvalue weighted by molar-refractivity contribution is 7.94. The summed E-state index contributed by atoms with van der Waals surface area (Å²) < 4.78 is 91.2. The Morgan fingerprint density at radius 1 is 0.757 bits per heavy atom. The Bertz CT molecular complexity index is 3250. The van der Waals surface area contributed by atoms with Crippen LogP contribution in [0.5, 0.6) is 17.2 Å². The Balaban J connectivity index is 1.40. The van der Waals surface area contributed by atoms with Gasteiger partial charge in [-0.05, 0) is 96.8 Å². The summed E-state index contributed by atoms with van der Waals surface area (Å²) in [6.45, 7) is 4.13. The fourth-order valence-corrected chi connectivity index (χ4v) is 12.8. The van der Waals surface area contributed by atoms with Crippen molar-refractivity contribution >= 4 is 58.6 Å². The van der Waals surface area contributed by atoms with Crippen molar-refractivity contribution in [1.82, 2.24) is 34.4 Å². The number of nitrogen functional groups attached to an aromatic ring is 1. The van der Waals surface area contributed by atoms with Crippen LogP contribution in [0.15, 0.2) is 107 Å². The number of hydrogen-bond acceptors (Lipinski definition) is 17. The van der Waals surface area contributed by atoms with E-state index in [1.54, 1.807) is 107 Å². The highest BCUT2D eigenvalue weighted by Gasteiger charge is 2.46. The molecule has 0 saturated carbocycles. The average Bonchev–Trinajstić information content (AvgIpc) is 3.96. The second-order valence-electron chi connectivity index (χ2n) is 17.2. The standard InChI is InChI=1S/C48H50N8O11S3/c1-48(2,3)67-47(58)54-27-35(28-54)69(59,60)39-23-22-36(37-20-21-38(45(57)66-7)42-41(37)50-46(49)68-42)40(44-51-53-56(52-44)26-31-12-18-34(65-6)19-13-31)43(39)70(61,62)55(24-29-8-14-32(63-4)15-9-29)25-30-10-16-33(64-5)17-11-30/h8-23,35H,24-28H2,1-7H3,(H2,49,50). The summed E-state index contributed by atoms with van der Waals surface area (Å²) in [4.78, 5) is 32.0. The smallest absolute Gasteiger partial charge is 0.410 e. The van der Waals surface area contributed by atoms with Gasteiger partial charge < -0.3 is 34.3 Å². The third-order valence-corrected chi connectivity index (χ3v) is 16.5. The molecule has 1 saturated heterocycles. The molecule has 19 nitrogen and oxygen atoms in total. The number of aromatic nitrogens is 5. The lowest BCUT2D eigenvalue weighted by Gasteiger charge is -2.39. The van der Waals surface area contributed by atoms with Crippen LogP contribution in [0.1, 0.15) is 47.8 Å². The first-order chi connectivity index (χ1) is 33.3. The summed E-state index contributed by atoms with van der Waals surface area (Å²) in [6.07, 6.45) is -0.715. The van der Waals surface area contributed by atoms with Crippen LogP contribution in [-0.4, -0.2) is 116 Å². The summed E-state index contributed by atoms with van der Waals surface area (Å²) >= 11 is 1.02. The number of ether oxygens (including phenoxy) is 5. The van der Waals surface area contributed by atoms with Gasteiger partial charge in [0.1, 0.15) is 33.0 Å². The summed E-state index contributed by atoms with van der Waals surface area (Å²) in [5, 5.41) is 12.3. The largest absolute Gasteiger partial charge is 0.497 e. The topological polar surface area (TPSA) is 238 Å². The molecule has 0 bridgehead atoms. The van der Waals surface area contributed by atoms with Crippen molar-refractivity contribution in [3.8, 4) is 39.8 Å². The SMILES string of the molecule is COC(=O)c1ccc(-c2ccc(S(=O)(=O)C3CN(C(=O)OC(C)(C)C)C3)c(S(=O)(=O)N(Cc3ccc(OC)cc3)Cc3ccc(OC)cc3)c2-c2nnn(Cc3ccc(OC)cc3)n2)c2nc(N)sc12. The number of benzene rings is 5. The van der Waals surface area contributed by atoms with Gasteiger partial charge in [-0.1, -0.05) is 59.9 Å². The molecule has 5 aromatic carbocycles. The number of thiazole rings is 1. The van der Waals surface area contributed by atoms with E-state index in [9.17, 15) is 9.59 Å². The molecular formula is C48H50N8O11S3. The number of sulfone groups is 1. The Kier molecular flexibility index (Phi) is 13.9. The molecule has 1 amide bonds. The van der Waals surface area contributed by atoms with Crippen molar-refractivity contribution in [3.63, 3.8) is 0 Å². The maximum atomic E-state index is 16.2. The number of anilines is 1. The minimum atomic E-state index is -5.02. The molecule has 8 rings (SSSR count). The number of methoxy groups -OCH3 is 4. The molecule has 3 heterocycles. The molecule has 7 aromatic rings. The highest BCUT2D eigenvalue weighted by Crippen LogP contribution is 2.46. The van der Waals surface area contributed by atoms with Gasteiger partial charge in [-0.15, -0.1) is 10.2 Å². The van der Waals surface area contributed by atoms with Crippen molar-refractivity contribution in [2.45, 2.75) is 61.0 Å². The number of fused-ring (bicyclic) bond motifs is 1. The molecule has 0 radical (unpaired) electrons. The van der Waals surface area contributed by atoms with Gasteiger partial charge in [-0.2, -0.15) is 9.10 Å². The third kappa shape index (κ3) is 10.1. The van der Waals surface area contributed by atoms with Crippen LogP contribution in [0.3, 0.4) is 0 Å². The van der Waals surface area contributed by atoms with Gasteiger partial charge in [0.15, 0.2) is 15.0 Å². The summed E-state index contributed by atoms with van der Waals surface area (Å²) in [5.74, 6) is 0.782. The van der Waals surface area contributed by atoms with E-state index in [2.05, 4.69) is 15.3 Å². The number of hydrogen-bond donors (Lipinski definition) is 1. The Morgan fingerprint density at radius 2 is 1.30 bits per heavy atom. The number of esters is 1. The first-order valence-corrected chi connectivity index (χ1v) is 25.5. The normalized spacial score (nSPS) is 13.3. The lowest BCUT2D eigenvalue weighted by Crippen LogP contribution is -2.57. The number of amides is 1. The number of likely N-dealkylation sites (tertiary alicyclic amines) is 1. The van der Waals surface area contributed by atoms with Crippen LogP contribution in [-0.2, 0) is 49.0 Å². The van der Waals surface area contributed by atoms with Crippen molar-refractivity contribution in [2.75, 3.05) is 47.3 Å². The maximum absolute atomic E-state index is 16.2. The molecule has 0 aliphatic carbocycles. The van der Waals surface area contributed by atoms with Crippen LogP contribution in [0.25, 0.3) is 32.7 Å². The fourth-order valence-electron chi connectivity index (χ4n) is 7.82. The van der Waals surface area contributed by atoms with Crippen LogP contribution in [0.4, 0.5) is 9.93 Å². The highest BCUT2D eigenvalue weighted by atomic mass is 32.2. The molecule has 366 valence electrons. The lowest BCUT2D eigenvalue weighted by molar-refractivity contribution is 0.0138. The van der Waals surface area contributed by atoms with E-state index in [4.69, 9.17) is 34.5 Å². The minimum absolute atomic E-state index is 0.0801. The quantitative estimate of drug-likeness (QED) is 0.0975. The van der Waals surface area contributed by atoms with E-state index < -0.39 is 52.6 Å². The number of sulfonamides is 1. The second-order valence-corrected chi connectivity index (χ2v) is 22.3. The van der Waals surface area contributed by atoms with Gasteiger partial charge in [0, 0.05) is 31.7 Å². The molecule has 0 spiro atoms. The third-order valence-electron chi connectivity index (χ3n) is 11.4. The van der Waals surface area contributed by atoms with Gasteiger partial charge in [0.25, 0.3) is 0 Å². The molecule has 22 heteroatoms. The zero-order chi connectivity index (χ0) is 50.1. The van der Waals surface area contributed by atoms with E-state index in [1.807, 2.05) is 0 Å². The number of nitrogens with zero attached hydrogens (tertiary/aromatic N) is 7.